The predicted octanol–water partition coefficient (Wildman–Crippen LogP) is 3.67. The Hall–Kier alpha value is -1.29. The Balaban J connectivity index is 1.77. The fourth-order valence-corrected chi connectivity index (χ4v) is 3.18. The average Bonchev–Trinajstić information content (AvgIpc) is 3.02. The van der Waals surface area contributed by atoms with Gasteiger partial charge in [0.2, 0.25) is 0 Å². The monoisotopic (exact) mass is 292 g/mol. The second-order valence-corrected chi connectivity index (χ2v) is 6.60. The number of nitrogens with one attached hydrogen (secondary N) is 1. The number of aromatic nitrogens is 3. The Kier molecular flexibility index (Phi) is 3.83. The zero-order valence-electron chi connectivity index (χ0n) is 12.0. The van der Waals surface area contributed by atoms with Crippen LogP contribution >= 0.6 is 11.6 Å². The third kappa shape index (κ3) is 2.75. The fraction of sp³-hybridized carbons (Fsp3) is 0.600. The molecule has 0 aromatic carbocycles. The highest BCUT2D eigenvalue weighted by Gasteiger charge is 2.22. The lowest BCUT2D eigenvalue weighted by molar-refractivity contribution is 0.579. The second-order valence-electron chi connectivity index (χ2n) is 5.99. The molecule has 1 aliphatic carbocycles. The molecule has 4 nitrogen and oxygen atoms in total. The van der Waals surface area contributed by atoms with Gasteiger partial charge in [0.1, 0.15) is 5.52 Å². The Morgan fingerprint density at radius 2 is 2.30 bits per heavy atom. The van der Waals surface area contributed by atoms with E-state index in [0.717, 1.165) is 36.4 Å². The normalized spacial score (nSPS) is 22.8. The Labute approximate surface area is 124 Å². The fourth-order valence-electron chi connectivity index (χ4n) is 2.80. The van der Waals surface area contributed by atoms with Crippen molar-refractivity contribution in [1.29, 1.82) is 0 Å². The summed E-state index contributed by atoms with van der Waals surface area (Å²) in [5.41, 5.74) is 2.15. The third-order valence-electron chi connectivity index (χ3n) is 4.04. The van der Waals surface area contributed by atoms with Gasteiger partial charge in [0.05, 0.1) is 5.69 Å². The van der Waals surface area contributed by atoms with Crippen molar-refractivity contribution < 1.29 is 0 Å². The molecule has 2 aromatic heterocycles. The van der Waals surface area contributed by atoms with E-state index in [9.17, 15) is 0 Å². The van der Waals surface area contributed by atoms with Gasteiger partial charge in [0, 0.05) is 24.3 Å². The quantitative estimate of drug-likeness (QED) is 0.874. The minimum atomic E-state index is 0.355. The maximum absolute atomic E-state index is 6.16. The van der Waals surface area contributed by atoms with Crippen molar-refractivity contribution in [3.05, 3.63) is 24.2 Å². The van der Waals surface area contributed by atoms with E-state index in [4.69, 9.17) is 11.6 Å². The van der Waals surface area contributed by atoms with Gasteiger partial charge in [-0.2, -0.15) is 5.10 Å². The minimum absolute atomic E-state index is 0.355. The van der Waals surface area contributed by atoms with Crippen LogP contribution in [-0.2, 0) is 0 Å². The van der Waals surface area contributed by atoms with E-state index in [0.29, 0.717) is 17.2 Å². The van der Waals surface area contributed by atoms with Gasteiger partial charge in [0.15, 0.2) is 5.82 Å². The van der Waals surface area contributed by atoms with Crippen LogP contribution in [0.2, 0.25) is 0 Å². The molecule has 0 spiro atoms. The van der Waals surface area contributed by atoms with Crippen molar-refractivity contribution in [2.24, 2.45) is 5.92 Å². The summed E-state index contributed by atoms with van der Waals surface area (Å²) in [4.78, 5) is 4.45. The molecule has 0 amide bonds. The summed E-state index contributed by atoms with van der Waals surface area (Å²) in [5, 5.41) is 8.41. The summed E-state index contributed by atoms with van der Waals surface area (Å²) in [7, 11) is 0. The highest BCUT2D eigenvalue weighted by molar-refractivity contribution is 6.20. The lowest BCUT2D eigenvalue weighted by Gasteiger charge is -2.11. The maximum Gasteiger partial charge on any atom is 0.152 e. The van der Waals surface area contributed by atoms with Gasteiger partial charge in [0.25, 0.3) is 0 Å². The van der Waals surface area contributed by atoms with Crippen molar-refractivity contribution in [3.63, 3.8) is 0 Å². The molecule has 0 aliphatic heterocycles. The van der Waals surface area contributed by atoms with Crippen LogP contribution in [0.1, 0.15) is 44.7 Å². The molecule has 108 valence electrons. The highest BCUT2D eigenvalue weighted by atomic mass is 35.5. The summed E-state index contributed by atoms with van der Waals surface area (Å²) < 4.78 is 1.91. The Morgan fingerprint density at radius 1 is 1.45 bits per heavy atom. The largest absolute Gasteiger partial charge is 0.368 e. The first-order valence-corrected chi connectivity index (χ1v) is 7.79. The molecule has 0 radical (unpaired) electrons. The predicted molar refractivity (Wildman–Crippen MR) is 82.5 cm³/mol. The number of fused-ring (bicyclic) bond motifs is 1. The number of alkyl halides is 1. The molecular weight excluding hydrogens is 272 g/mol. The molecule has 1 aliphatic rings. The second kappa shape index (κ2) is 5.60. The molecular formula is C15H21ClN4. The number of hydrogen-bond acceptors (Lipinski definition) is 3. The van der Waals surface area contributed by atoms with Crippen LogP contribution in [0.15, 0.2) is 18.5 Å². The van der Waals surface area contributed by atoms with Gasteiger partial charge in [-0.25, -0.2) is 9.50 Å². The molecule has 2 heterocycles. The Morgan fingerprint density at radius 3 is 3.00 bits per heavy atom. The molecule has 20 heavy (non-hydrogen) atoms. The van der Waals surface area contributed by atoms with Gasteiger partial charge in [-0.05, 0) is 37.2 Å². The molecule has 1 N–H and O–H groups in total. The highest BCUT2D eigenvalue weighted by Crippen LogP contribution is 2.30. The van der Waals surface area contributed by atoms with E-state index in [-0.39, 0.29) is 0 Å². The van der Waals surface area contributed by atoms with Gasteiger partial charge in [-0.15, -0.1) is 11.6 Å². The maximum atomic E-state index is 6.16. The number of halogens is 1. The van der Waals surface area contributed by atoms with E-state index >= 15 is 0 Å². The molecule has 0 bridgehead atoms. The molecule has 0 saturated heterocycles. The zero-order valence-corrected chi connectivity index (χ0v) is 12.8. The summed E-state index contributed by atoms with van der Waals surface area (Å²) in [6, 6.07) is 2.12. The van der Waals surface area contributed by atoms with E-state index in [1.54, 1.807) is 6.20 Å². The SMILES string of the molecule is CC(C)c1cc2c(NCC3CCC(Cl)C3)nccn2n1. The van der Waals surface area contributed by atoms with E-state index in [2.05, 4.69) is 35.3 Å². The lowest BCUT2D eigenvalue weighted by Crippen LogP contribution is -2.13. The summed E-state index contributed by atoms with van der Waals surface area (Å²) >= 11 is 6.16. The van der Waals surface area contributed by atoms with Gasteiger partial charge >= 0.3 is 0 Å². The van der Waals surface area contributed by atoms with E-state index in [1.165, 1.54) is 6.42 Å². The molecule has 2 atom stereocenters. The van der Waals surface area contributed by atoms with Crippen molar-refractivity contribution in [3.8, 4) is 0 Å². The van der Waals surface area contributed by atoms with Crippen LogP contribution in [0.5, 0.6) is 0 Å². The number of hydrogen-bond donors (Lipinski definition) is 1. The molecule has 5 heteroatoms. The molecule has 2 aromatic rings. The number of rotatable bonds is 4. The molecule has 3 rings (SSSR count). The van der Waals surface area contributed by atoms with Crippen LogP contribution in [0.25, 0.3) is 5.52 Å². The van der Waals surface area contributed by atoms with E-state index in [1.807, 2.05) is 10.7 Å². The summed E-state index contributed by atoms with van der Waals surface area (Å²) in [6.07, 6.45) is 7.15. The van der Waals surface area contributed by atoms with Gasteiger partial charge in [-0.1, -0.05) is 13.8 Å². The molecule has 1 saturated carbocycles. The Bertz CT molecular complexity index is 593. The third-order valence-corrected chi connectivity index (χ3v) is 4.43. The standard InChI is InChI=1S/C15H21ClN4/c1-10(2)13-8-14-15(17-5-6-20(14)19-13)18-9-11-3-4-12(16)7-11/h5-6,8,10-12H,3-4,7,9H2,1-2H3,(H,17,18). The minimum Gasteiger partial charge on any atom is -0.368 e. The zero-order chi connectivity index (χ0) is 14.1. The van der Waals surface area contributed by atoms with Crippen molar-refractivity contribution in [2.45, 2.75) is 44.4 Å². The summed E-state index contributed by atoms with van der Waals surface area (Å²) in [5.74, 6) is 2.01. The topological polar surface area (TPSA) is 42.2 Å². The van der Waals surface area contributed by atoms with Crippen molar-refractivity contribution in [1.82, 2.24) is 14.6 Å². The van der Waals surface area contributed by atoms with Crippen LogP contribution in [-0.4, -0.2) is 26.5 Å². The molecule has 2 unspecified atom stereocenters. The van der Waals surface area contributed by atoms with Crippen molar-refractivity contribution in [2.75, 3.05) is 11.9 Å². The average molecular weight is 293 g/mol. The van der Waals surface area contributed by atoms with Crippen LogP contribution < -0.4 is 5.32 Å². The first-order valence-electron chi connectivity index (χ1n) is 7.35. The van der Waals surface area contributed by atoms with Gasteiger partial charge < -0.3 is 5.32 Å². The van der Waals surface area contributed by atoms with Gasteiger partial charge in [-0.3, -0.25) is 0 Å². The lowest BCUT2D eigenvalue weighted by atomic mass is 10.1. The van der Waals surface area contributed by atoms with Crippen LogP contribution in [0.3, 0.4) is 0 Å². The van der Waals surface area contributed by atoms with E-state index < -0.39 is 0 Å². The summed E-state index contributed by atoms with van der Waals surface area (Å²) in [6.45, 7) is 5.25. The smallest absolute Gasteiger partial charge is 0.152 e. The number of anilines is 1. The first-order chi connectivity index (χ1) is 9.63. The molecule has 1 fully saturated rings. The first kappa shape index (κ1) is 13.7. The van der Waals surface area contributed by atoms with Crippen LogP contribution in [0.4, 0.5) is 5.82 Å². The van der Waals surface area contributed by atoms with Crippen LogP contribution in [0, 0.1) is 5.92 Å². The number of nitrogens with zero attached hydrogens (tertiary/aromatic N) is 3. The van der Waals surface area contributed by atoms with Crippen molar-refractivity contribution >= 4 is 22.9 Å².